The number of fused-ring (bicyclic) bond motifs is 1. The van der Waals surface area contributed by atoms with E-state index in [1.807, 2.05) is 35.4 Å². The Labute approximate surface area is 167 Å². The Balaban J connectivity index is 1.75. The van der Waals surface area contributed by atoms with Crippen molar-refractivity contribution in [2.75, 3.05) is 37.0 Å². The van der Waals surface area contributed by atoms with E-state index in [9.17, 15) is 13.2 Å². The molecule has 0 spiro atoms. The lowest BCUT2D eigenvalue weighted by Crippen LogP contribution is -2.37. The number of aromatic amines is 1. The molecule has 0 aliphatic carbocycles. The number of ether oxygens (including phenoxy) is 1. The summed E-state index contributed by atoms with van der Waals surface area (Å²) in [7, 11) is -3.72. The van der Waals surface area contributed by atoms with Crippen molar-refractivity contribution in [2.24, 2.45) is 5.73 Å². The van der Waals surface area contributed by atoms with Gasteiger partial charge in [-0.3, -0.25) is 4.79 Å². The summed E-state index contributed by atoms with van der Waals surface area (Å²) in [6.45, 7) is 2.45. The topological polar surface area (TPSA) is 131 Å². The number of morpholine rings is 1. The molecule has 3 aromatic rings. The molecule has 152 valence electrons. The lowest BCUT2D eigenvalue weighted by atomic mass is 10.1. The maximum Gasteiger partial charge on any atom is 0.232 e. The molecular weight excluding hydrogens is 394 g/mol. The van der Waals surface area contributed by atoms with Crippen LogP contribution in [0.1, 0.15) is 5.69 Å². The number of anilines is 1. The van der Waals surface area contributed by atoms with Crippen LogP contribution in [0.2, 0.25) is 0 Å². The Morgan fingerprint density at radius 3 is 2.72 bits per heavy atom. The van der Waals surface area contributed by atoms with E-state index >= 15 is 0 Å². The minimum absolute atomic E-state index is 0.326. The minimum atomic E-state index is -3.72. The van der Waals surface area contributed by atoms with Crippen molar-refractivity contribution in [2.45, 2.75) is 5.75 Å². The highest BCUT2D eigenvalue weighted by Crippen LogP contribution is 2.25. The first-order chi connectivity index (χ1) is 13.9. The number of sulfone groups is 1. The normalized spacial score (nSPS) is 15.0. The Morgan fingerprint density at radius 1 is 1.17 bits per heavy atom. The van der Waals surface area contributed by atoms with E-state index in [0.29, 0.717) is 43.6 Å². The van der Waals surface area contributed by atoms with E-state index in [-0.39, 0.29) is 5.75 Å². The summed E-state index contributed by atoms with van der Waals surface area (Å²) < 4.78 is 30.0. The maximum atomic E-state index is 12.3. The van der Waals surface area contributed by atoms with Crippen LogP contribution in [0, 0.1) is 0 Å². The van der Waals surface area contributed by atoms with Gasteiger partial charge in [-0.25, -0.2) is 18.4 Å². The fourth-order valence-corrected chi connectivity index (χ4v) is 4.46. The van der Waals surface area contributed by atoms with Gasteiger partial charge in [0, 0.05) is 41.8 Å². The molecule has 9 nitrogen and oxygen atoms in total. The Hall–Kier alpha value is -2.98. The van der Waals surface area contributed by atoms with E-state index in [0.717, 1.165) is 16.5 Å². The second kappa shape index (κ2) is 7.80. The van der Waals surface area contributed by atoms with Crippen LogP contribution in [0.25, 0.3) is 22.3 Å². The van der Waals surface area contributed by atoms with Gasteiger partial charge in [-0.05, 0) is 24.3 Å². The number of hydrogen-bond acceptors (Lipinski definition) is 7. The average Bonchev–Trinajstić information content (AvgIpc) is 3.14. The number of primary amides is 1. The van der Waals surface area contributed by atoms with Gasteiger partial charge in [0.25, 0.3) is 0 Å². The van der Waals surface area contributed by atoms with E-state index in [1.54, 1.807) is 6.07 Å². The van der Waals surface area contributed by atoms with Crippen LogP contribution in [0.4, 0.5) is 5.82 Å². The number of hydrogen-bond donors (Lipinski definition) is 2. The largest absolute Gasteiger partial charge is 0.378 e. The van der Waals surface area contributed by atoms with Crippen LogP contribution in [0.5, 0.6) is 0 Å². The maximum absolute atomic E-state index is 12.3. The zero-order valence-electron chi connectivity index (χ0n) is 15.7. The van der Waals surface area contributed by atoms with Crippen LogP contribution in [0.15, 0.2) is 36.5 Å². The monoisotopic (exact) mass is 415 g/mol. The SMILES string of the molecule is NC(=O)CS(=O)(=O)Cc1cc(N2CCOCC2)nc(-c2ccc3[nH]ccc3c2)n1. The van der Waals surface area contributed by atoms with Crippen LogP contribution < -0.4 is 10.6 Å². The van der Waals surface area contributed by atoms with Gasteiger partial charge in [-0.15, -0.1) is 0 Å². The Morgan fingerprint density at radius 2 is 1.97 bits per heavy atom. The van der Waals surface area contributed by atoms with Gasteiger partial charge in [0.05, 0.1) is 24.7 Å². The first kappa shape index (κ1) is 19.3. The quantitative estimate of drug-likeness (QED) is 0.610. The molecule has 1 aliphatic heterocycles. The molecule has 29 heavy (non-hydrogen) atoms. The number of aromatic nitrogens is 3. The van der Waals surface area contributed by atoms with Crippen molar-refractivity contribution in [1.82, 2.24) is 15.0 Å². The van der Waals surface area contributed by atoms with E-state index in [4.69, 9.17) is 10.5 Å². The highest BCUT2D eigenvalue weighted by atomic mass is 32.2. The summed E-state index contributed by atoms with van der Waals surface area (Å²) in [6, 6.07) is 9.37. The first-order valence-electron chi connectivity index (χ1n) is 9.16. The van der Waals surface area contributed by atoms with Gasteiger partial charge >= 0.3 is 0 Å². The summed E-state index contributed by atoms with van der Waals surface area (Å²) in [6.07, 6.45) is 1.85. The van der Waals surface area contributed by atoms with Crippen molar-refractivity contribution in [3.63, 3.8) is 0 Å². The van der Waals surface area contributed by atoms with Crippen molar-refractivity contribution < 1.29 is 17.9 Å². The summed E-state index contributed by atoms with van der Waals surface area (Å²) in [5.41, 5.74) is 7.16. The third-order valence-corrected chi connectivity index (χ3v) is 6.10. The van der Waals surface area contributed by atoms with Crippen LogP contribution >= 0.6 is 0 Å². The molecule has 1 fully saturated rings. The lowest BCUT2D eigenvalue weighted by molar-refractivity contribution is -0.115. The first-order valence-corrected chi connectivity index (χ1v) is 11.0. The van der Waals surface area contributed by atoms with Gasteiger partial charge in [-0.1, -0.05) is 0 Å². The summed E-state index contributed by atoms with van der Waals surface area (Å²) in [5.74, 6) is -0.910. The molecule has 1 saturated heterocycles. The highest BCUT2D eigenvalue weighted by molar-refractivity contribution is 7.91. The zero-order valence-corrected chi connectivity index (χ0v) is 16.5. The number of nitrogens with zero attached hydrogens (tertiary/aromatic N) is 3. The molecule has 0 saturated carbocycles. The number of H-pyrrole nitrogens is 1. The van der Waals surface area contributed by atoms with E-state index < -0.39 is 21.5 Å². The predicted octanol–water partition coefficient (Wildman–Crippen LogP) is 0.862. The number of benzene rings is 1. The predicted molar refractivity (Wildman–Crippen MR) is 109 cm³/mol. The molecule has 1 aromatic carbocycles. The number of rotatable bonds is 6. The standard InChI is InChI=1S/C19H21N5O4S/c20-17(25)12-29(26,27)11-15-10-18(24-5-7-28-8-6-24)23-19(22-15)14-1-2-16-13(9-14)3-4-21-16/h1-4,9-10,21H,5-8,11-12H2,(H2,20,25). The van der Waals surface area contributed by atoms with Gasteiger partial charge < -0.3 is 20.4 Å². The van der Waals surface area contributed by atoms with E-state index in [2.05, 4.69) is 15.0 Å². The molecule has 3 heterocycles. The number of carbonyl (C=O) groups excluding carboxylic acids is 1. The molecular formula is C19H21N5O4S. The Kier molecular flexibility index (Phi) is 5.20. The minimum Gasteiger partial charge on any atom is -0.378 e. The third-order valence-electron chi connectivity index (χ3n) is 4.64. The third kappa shape index (κ3) is 4.54. The molecule has 2 aromatic heterocycles. The molecule has 0 bridgehead atoms. The van der Waals surface area contributed by atoms with E-state index in [1.165, 1.54) is 0 Å². The van der Waals surface area contributed by atoms with Crippen molar-refractivity contribution in [1.29, 1.82) is 0 Å². The summed E-state index contributed by atoms with van der Waals surface area (Å²) in [5, 5.41) is 1.01. The van der Waals surface area contributed by atoms with Gasteiger partial charge in [0.1, 0.15) is 11.6 Å². The summed E-state index contributed by atoms with van der Waals surface area (Å²) in [4.78, 5) is 25.4. The fraction of sp³-hybridized carbons (Fsp3) is 0.316. The van der Waals surface area contributed by atoms with Crippen LogP contribution in [-0.2, 0) is 25.1 Å². The number of nitrogens with one attached hydrogen (secondary N) is 1. The second-order valence-electron chi connectivity index (χ2n) is 6.92. The van der Waals surface area contributed by atoms with Gasteiger partial charge in [-0.2, -0.15) is 0 Å². The lowest BCUT2D eigenvalue weighted by Gasteiger charge is -2.28. The molecule has 4 rings (SSSR count). The van der Waals surface area contributed by atoms with Crippen LogP contribution in [-0.4, -0.2) is 61.3 Å². The van der Waals surface area contributed by atoms with Crippen molar-refractivity contribution in [3.8, 4) is 11.4 Å². The molecule has 0 unspecified atom stereocenters. The fourth-order valence-electron chi connectivity index (χ4n) is 3.33. The molecule has 1 aliphatic rings. The molecule has 0 atom stereocenters. The second-order valence-corrected chi connectivity index (χ2v) is 8.98. The molecule has 1 amide bonds. The summed E-state index contributed by atoms with van der Waals surface area (Å²) >= 11 is 0. The molecule has 3 N–H and O–H groups in total. The Bertz CT molecular complexity index is 1150. The molecule has 10 heteroatoms. The van der Waals surface area contributed by atoms with Crippen molar-refractivity contribution >= 4 is 32.5 Å². The molecule has 0 radical (unpaired) electrons. The number of amides is 1. The van der Waals surface area contributed by atoms with Crippen molar-refractivity contribution in [3.05, 3.63) is 42.2 Å². The van der Waals surface area contributed by atoms with Gasteiger partial charge in [0.2, 0.25) is 5.91 Å². The van der Waals surface area contributed by atoms with Gasteiger partial charge in [0.15, 0.2) is 15.7 Å². The average molecular weight is 415 g/mol. The smallest absolute Gasteiger partial charge is 0.232 e. The van der Waals surface area contributed by atoms with Crippen LogP contribution in [0.3, 0.4) is 0 Å². The number of nitrogens with two attached hydrogens (primary N) is 1. The zero-order chi connectivity index (χ0) is 20.4. The number of carbonyl (C=O) groups is 1. The highest BCUT2D eigenvalue weighted by Gasteiger charge is 2.20.